The number of hydrogen-bond donors (Lipinski definition) is 3. The molecular weight excluding hydrogens is 280 g/mol. The van der Waals surface area contributed by atoms with Crippen molar-refractivity contribution in [3.8, 4) is 0 Å². The summed E-state index contributed by atoms with van der Waals surface area (Å²) in [7, 11) is 0. The predicted molar refractivity (Wildman–Crippen MR) is 75.6 cm³/mol. The molecule has 3 N–H and O–H groups in total. The lowest BCUT2D eigenvalue weighted by Gasteiger charge is -2.26. The van der Waals surface area contributed by atoms with E-state index < -0.39 is 17.5 Å². The molecule has 1 aromatic rings. The smallest absolute Gasteiger partial charge is 0.329 e. The minimum Gasteiger partial charge on any atom is -0.480 e. The summed E-state index contributed by atoms with van der Waals surface area (Å²) < 4.78 is 0. The van der Waals surface area contributed by atoms with E-state index in [1.165, 1.54) is 0 Å². The van der Waals surface area contributed by atoms with E-state index in [0.29, 0.717) is 5.02 Å². The summed E-state index contributed by atoms with van der Waals surface area (Å²) in [5, 5.41) is 15.0. The van der Waals surface area contributed by atoms with Gasteiger partial charge in [0.05, 0.1) is 0 Å². The van der Waals surface area contributed by atoms with Crippen molar-refractivity contribution in [1.29, 1.82) is 0 Å². The van der Waals surface area contributed by atoms with Crippen LogP contribution in [-0.2, 0) is 11.3 Å². The number of nitrogens with one attached hydrogen (secondary N) is 2. The molecule has 1 unspecified atom stereocenters. The van der Waals surface area contributed by atoms with Crippen LogP contribution in [0.2, 0.25) is 5.02 Å². The molecule has 6 heteroatoms. The predicted octanol–water partition coefficient (Wildman–Crippen LogP) is 2.39. The van der Waals surface area contributed by atoms with E-state index in [-0.39, 0.29) is 12.5 Å². The molecule has 1 aliphatic rings. The summed E-state index contributed by atoms with van der Waals surface area (Å²) in [4.78, 5) is 23.2. The monoisotopic (exact) mass is 296 g/mol. The maximum Gasteiger partial charge on any atom is 0.329 e. The van der Waals surface area contributed by atoms with E-state index in [2.05, 4.69) is 10.6 Å². The topological polar surface area (TPSA) is 78.4 Å². The van der Waals surface area contributed by atoms with Gasteiger partial charge < -0.3 is 15.7 Å². The van der Waals surface area contributed by atoms with Gasteiger partial charge in [-0.3, -0.25) is 0 Å². The first-order valence-corrected chi connectivity index (χ1v) is 6.84. The van der Waals surface area contributed by atoms with Crippen LogP contribution in [0.15, 0.2) is 24.3 Å². The van der Waals surface area contributed by atoms with Gasteiger partial charge in [0, 0.05) is 11.6 Å². The first kappa shape index (κ1) is 14.7. The molecule has 20 heavy (non-hydrogen) atoms. The maximum atomic E-state index is 11.9. The number of carboxylic acid groups (broad SMARTS) is 1. The van der Waals surface area contributed by atoms with E-state index >= 15 is 0 Å². The molecule has 1 fully saturated rings. The zero-order chi connectivity index (χ0) is 14.8. The van der Waals surface area contributed by atoms with Gasteiger partial charge in [0.25, 0.3) is 0 Å². The number of rotatable bonds is 5. The van der Waals surface area contributed by atoms with Crippen LogP contribution in [0.5, 0.6) is 0 Å². The summed E-state index contributed by atoms with van der Waals surface area (Å²) in [6, 6.07) is 6.68. The third-order valence-corrected chi connectivity index (χ3v) is 3.98. The molecule has 0 aliphatic heterocycles. The minimum atomic E-state index is -1.20. The van der Waals surface area contributed by atoms with Gasteiger partial charge in [0.1, 0.15) is 5.54 Å². The molecule has 108 valence electrons. The molecule has 0 spiro atoms. The van der Waals surface area contributed by atoms with Gasteiger partial charge in [-0.05, 0) is 37.3 Å². The quantitative estimate of drug-likeness (QED) is 0.780. The molecule has 2 amide bonds. The van der Waals surface area contributed by atoms with Crippen molar-refractivity contribution in [3.63, 3.8) is 0 Å². The summed E-state index contributed by atoms with van der Waals surface area (Å²) in [6.45, 7) is 1.80. The third-order valence-electron chi connectivity index (χ3n) is 3.61. The largest absolute Gasteiger partial charge is 0.480 e. The zero-order valence-corrected chi connectivity index (χ0v) is 11.9. The molecule has 1 aliphatic carbocycles. The lowest BCUT2D eigenvalue weighted by Crippen LogP contribution is -2.56. The number of halogens is 1. The standard InChI is InChI=1S/C14H17ClN2O3/c1-14(12(18)19,10-6-7-10)17-13(20)16-8-9-4-2-3-5-11(9)15/h2-5,10H,6-8H2,1H3,(H,18,19)(H2,16,17,20). The highest BCUT2D eigenvalue weighted by Crippen LogP contribution is 2.39. The van der Waals surface area contributed by atoms with Gasteiger partial charge >= 0.3 is 12.0 Å². The molecule has 2 rings (SSSR count). The first-order valence-electron chi connectivity index (χ1n) is 6.46. The third kappa shape index (κ3) is 3.22. The highest BCUT2D eigenvalue weighted by molar-refractivity contribution is 6.31. The highest BCUT2D eigenvalue weighted by Gasteiger charge is 2.48. The molecule has 5 nitrogen and oxygen atoms in total. The Kier molecular flexibility index (Phi) is 4.18. The van der Waals surface area contributed by atoms with Crippen LogP contribution in [0, 0.1) is 5.92 Å². The molecule has 0 heterocycles. The summed E-state index contributed by atoms with van der Waals surface area (Å²) in [5.41, 5.74) is -0.419. The number of hydrogen-bond acceptors (Lipinski definition) is 2. The van der Waals surface area contributed by atoms with Crippen molar-refractivity contribution in [2.75, 3.05) is 0 Å². The van der Waals surface area contributed by atoms with Gasteiger partial charge in [-0.1, -0.05) is 29.8 Å². The molecule has 1 saturated carbocycles. The Balaban J connectivity index is 1.92. The highest BCUT2D eigenvalue weighted by atomic mass is 35.5. The maximum absolute atomic E-state index is 11.9. The second kappa shape index (κ2) is 5.71. The zero-order valence-electron chi connectivity index (χ0n) is 11.1. The van der Waals surface area contributed by atoms with E-state index in [0.717, 1.165) is 18.4 Å². The van der Waals surface area contributed by atoms with E-state index in [1.54, 1.807) is 25.1 Å². The Bertz CT molecular complexity index is 531. The fourth-order valence-corrected chi connectivity index (χ4v) is 2.29. The van der Waals surface area contributed by atoms with Crippen LogP contribution in [0.1, 0.15) is 25.3 Å². The molecule has 0 bridgehead atoms. The van der Waals surface area contributed by atoms with Crippen molar-refractivity contribution < 1.29 is 14.7 Å². The van der Waals surface area contributed by atoms with Crippen molar-refractivity contribution >= 4 is 23.6 Å². The molecule has 0 aromatic heterocycles. The van der Waals surface area contributed by atoms with Crippen molar-refractivity contribution in [3.05, 3.63) is 34.9 Å². The Hall–Kier alpha value is -1.75. The number of amides is 2. The van der Waals surface area contributed by atoms with Crippen molar-refractivity contribution in [1.82, 2.24) is 10.6 Å². The SMILES string of the molecule is CC(NC(=O)NCc1ccccc1Cl)(C(=O)O)C1CC1. The van der Waals surface area contributed by atoms with Crippen LogP contribution in [0.25, 0.3) is 0 Å². The second-order valence-corrected chi connectivity index (χ2v) is 5.59. The molecule has 1 aromatic carbocycles. The van der Waals surface area contributed by atoms with Gasteiger partial charge in [0.2, 0.25) is 0 Å². The average Bonchev–Trinajstić information content (AvgIpc) is 3.22. The Morgan fingerprint density at radius 3 is 2.60 bits per heavy atom. The lowest BCUT2D eigenvalue weighted by atomic mass is 9.96. The number of aliphatic carboxylic acids is 1. The molecule has 1 atom stereocenters. The average molecular weight is 297 g/mol. The van der Waals surface area contributed by atoms with Crippen LogP contribution in [-0.4, -0.2) is 22.6 Å². The van der Waals surface area contributed by atoms with Crippen LogP contribution in [0.4, 0.5) is 4.79 Å². The second-order valence-electron chi connectivity index (χ2n) is 5.18. The van der Waals surface area contributed by atoms with E-state index in [9.17, 15) is 14.7 Å². The first-order chi connectivity index (χ1) is 9.43. The van der Waals surface area contributed by atoms with Gasteiger partial charge in [-0.2, -0.15) is 0 Å². The lowest BCUT2D eigenvalue weighted by molar-refractivity contribution is -0.144. The number of benzene rings is 1. The number of carbonyl (C=O) groups excluding carboxylic acids is 1. The summed E-state index contributed by atoms with van der Waals surface area (Å²) in [6.07, 6.45) is 1.65. The van der Waals surface area contributed by atoms with Crippen LogP contribution in [0.3, 0.4) is 0 Å². The fraction of sp³-hybridized carbons (Fsp3) is 0.429. The molecule has 0 radical (unpaired) electrons. The fourth-order valence-electron chi connectivity index (χ4n) is 2.09. The van der Waals surface area contributed by atoms with Gasteiger partial charge in [0.15, 0.2) is 0 Å². The number of carboxylic acids is 1. The number of carbonyl (C=O) groups is 2. The minimum absolute atomic E-state index is 0.00561. The Morgan fingerprint density at radius 2 is 2.05 bits per heavy atom. The van der Waals surface area contributed by atoms with E-state index in [4.69, 9.17) is 11.6 Å². The Labute approximate surface area is 122 Å². The van der Waals surface area contributed by atoms with Crippen LogP contribution >= 0.6 is 11.6 Å². The van der Waals surface area contributed by atoms with Crippen molar-refractivity contribution in [2.45, 2.75) is 31.8 Å². The Morgan fingerprint density at radius 1 is 1.40 bits per heavy atom. The number of urea groups is 1. The van der Waals surface area contributed by atoms with Gasteiger partial charge in [-0.25, -0.2) is 9.59 Å². The molecule has 0 saturated heterocycles. The summed E-state index contributed by atoms with van der Waals surface area (Å²) >= 11 is 5.99. The summed E-state index contributed by atoms with van der Waals surface area (Å²) in [5.74, 6) is -1.00. The van der Waals surface area contributed by atoms with Gasteiger partial charge in [-0.15, -0.1) is 0 Å². The molecular formula is C14H17ClN2O3. The van der Waals surface area contributed by atoms with E-state index in [1.807, 2.05) is 6.07 Å². The normalized spacial score (nSPS) is 17.1. The van der Waals surface area contributed by atoms with Crippen molar-refractivity contribution in [2.24, 2.45) is 5.92 Å². The van der Waals surface area contributed by atoms with Crippen LogP contribution < -0.4 is 10.6 Å².